The number of benzene rings is 1. The van der Waals surface area contributed by atoms with Crippen molar-refractivity contribution in [1.82, 2.24) is 19.4 Å². The number of aryl methyl sites for hydroxylation is 1. The first-order valence-electron chi connectivity index (χ1n) is 8.30. The molecule has 0 radical (unpaired) electrons. The van der Waals surface area contributed by atoms with Crippen molar-refractivity contribution in [2.75, 3.05) is 6.54 Å². The number of carbonyl (C=O) groups is 1. The smallest absolute Gasteiger partial charge is 0.255 e. The fourth-order valence-corrected chi connectivity index (χ4v) is 3.36. The Bertz CT molecular complexity index is 945. The van der Waals surface area contributed by atoms with Crippen LogP contribution in [0.25, 0.3) is 0 Å². The molecule has 1 amide bonds. The molecule has 3 aromatic rings. The Hall–Kier alpha value is -3.15. The Balaban J connectivity index is 1.82. The molecule has 25 heavy (non-hydrogen) atoms. The highest BCUT2D eigenvalue weighted by Crippen LogP contribution is 2.31. The Labute approximate surface area is 144 Å². The van der Waals surface area contributed by atoms with Crippen LogP contribution in [-0.2, 0) is 6.54 Å². The number of carbonyl (C=O) groups excluding carboxylic acids is 1. The number of nitrogens with zero attached hydrogens (tertiary/aromatic N) is 3. The van der Waals surface area contributed by atoms with Gasteiger partial charge in [-0.2, -0.15) is 0 Å². The minimum absolute atomic E-state index is 0.156. The highest BCUT2D eigenvalue weighted by atomic mass is 16.2. The predicted octanol–water partition coefficient (Wildman–Crippen LogP) is 2.21. The molecule has 1 N–H and O–H groups in total. The lowest BCUT2D eigenvalue weighted by atomic mass is 10.0. The summed E-state index contributed by atoms with van der Waals surface area (Å²) in [5.41, 5.74) is 1.12. The molecule has 0 bridgehead atoms. The van der Waals surface area contributed by atoms with E-state index in [9.17, 15) is 9.59 Å². The van der Waals surface area contributed by atoms with Crippen LogP contribution in [0.15, 0.2) is 65.8 Å². The molecule has 2 aromatic heterocycles. The van der Waals surface area contributed by atoms with Crippen molar-refractivity contribution >= 4 is 5.91 Å². The molecular formula is C19H18N4O2. The highest BCUT2D eigenvalue weighted by Gasteiger charge is 2.32. The average molecular weight is 334 g/mol. The molecule has 0 saturated heterocycles. The van der Waals surface area contributed by atoms with E-state index < -0.39 is 0 Å². The Kier molecular flexibility index (Phi) is 3.93. The third kappa shape index (κ3) is 2.87. The number of hydrogen-bond donors (Lipinski definition) is 1. The quantitative estimate of drug-likeness (QED) is 0.781. The van der Waals surface area contributed by atoms with Crippen LogP contribution in [0.4, 0.5) is 0 Å². The maximum atomic E-state index is 13.2. The van der Waals surface area contributed by atoms with Crippen LogP contribution in [0, 0.1) is 0 Å². The molecule has 4 rings (SSSR count). The largest absolute Gasteiger partial charge is 0.333 e. The van der Waals surface area contributed by atoms with Gasteiger partial charge in [0.05, 0.1) is 0 Å². The van der Waals surface area contributed by atoms with E-state index in [1.54, 1.807) is 12.3 Å². The maximum absolute atomic E-state index is 13.2. The van der Waals surface area contributed by atoms with Crippen molar-refractivity contribution in [3.8, 4) is 0 Å². The number of imidazole rings is 1. The van der Waals surface area contributed by atoms with Crippen LogP contribution in [0.2, 0.25) is 0 Å². The lowest BCUT2D eigenvalue weighted by Crippen LogP contribution is -2.36. The van der Waals surface area contributed by atoms with Gasteiger partial charge < -0.3 is 14.5 Å². The molecule has 6 nitrogen and oxygen atoms in total. The molecule has 0 aliphatic carbocycles. The van der Waals surface area contributed by atoms with Gasteiger partial charge in [0.1, 0.15) is 11.9 Å². The second kappa shape index (κ2) is 6.39. The summed E-state index contributed by atoms with van der Waals surface area (Å²) in [5.74, 6) is 0.693. The van der Waals surface area contributed by atoms with E-state index in [0.29, 0.717) is 12.1 Å². The first kappa shape index (κ1) is 15.4. The summed E-state index contributed by atoms with van der Waals surface area (Å²) in [5, 5.41) is 0. The maximum Gasteiger partial charge on any atom is 0.255 e. The summed E-state index contributed by atoms with van der Waals surface area (Å²) in [6.45, 7) is 1.42. The average Bonchev–Trinajstić information content (AvgIpc) is 3.02. The zero-order chi connectivity index (χ0) is 17.2. The van der Waals surface area contributed by atoms with Crippen molar-refractivity contribution in [1.29, 1.82) is 0 Å². The van der Waals surface area contributed by atoms with Gasteiger partial charge >= 0.3 is 0 Å². The molecule has 0 fully saturated rings. The van der Waals surface area contributed by atoms with Crippen LogP contribution in [-0.4, -0.2) is 31.9 Å². The minimum atomic E-state index is -0.279. The van der Waals surface area contributed by atoms with E-state index in [1.165, 1.54) is 12.3 Å². The molecule has 0 spiro atoms. The van der Waals surface area contributed by atoms with Gasteiger partial charge in [-0.15, -0.1) is 0 Å². The van der Waals surface area contributed by atoms with Gasteiger partial charge in [0.15, 0.2) is 0 Å². The van der Waals surface area contributed by atoms with Gasteiger partial charge in [-0.05, 0) is 18.1 Å². The molecule has 126 valence electrons. The van der Waals surface area contributed by atoms with Crippen molar-refractivity contribution in [2.45, 2.75) is 19.0 Å². The van der Waals surface area contributed by atoms with Crippen LogP contribution in [0.5, 0.6) is 0 Å². The first-order chi connectivity index (χ1) is 12.2. The fourth-order valence-electron chi connectivity index (χ4n) is 3.36. The number of H-pyrrole nitrogens is 1. The Morgan fingerprint density at radius 2 is 2.00 bits per heavy atom. The van der Waals surface area contributed by atoms with E-state index in [1.807, 2.05) is 41.4 Å². The normalized spacial score (nSPS) is 17.0. The van der Waals surface area contributed by atoms with Gasteiger partial charge in [-0.1, -0.05) is 30.3 Å². The second-order valence-electron chi connectivity index (χ2n) is 6.09. The van der Waals surface area contributed by atoms with E-state index >= 15 is 0 Å². The van der Waals surface area contributed by atoms with Gasteiger partial charge in [0, 0.05) is 43.3 Å². The summed E-state index contributed by atoms with van der Waals surface area (Å²) >= 11 is 0. The summed E-state index contributed by atoms with van der Waals surface area (Å²) in [4.78, 5) is 33.7. The topological polar surface area (TPSA) is 71.0 Å². The number of aromatic amines is 1. The zero-order valence-corrected chi connectivity index (χ0v) is 13.6. The first-order valence-corrected chi connectivity index (χ1v) is 8.30. The number of nitrogens with one attached hydrogen (secondary N) is 1. The van der Waals surface area contributed by atoms with Gasteiger partial charge in [-0.3, -0.25) is 9.59 Å². The van der Waals surface area contributed by atoms with Crippen molar-refractivity contribution in [2.24, 2.45) is 0 Å². The monoisotopic (exact) mass is 334 g/mol. The van der Waals surface area contributed by atoms with Crippen LogP contribution < -0.4 is 5.56 Å². The molecular weight excluding hydrogens is 316 g/mol. The van der Waals surface area contributed by atoms with Crippen molar-refractivity contribution in [3.63, 3.8) is 0 Å². The second-order valence-corrected chi connectivity index (χ2v) is 6.09. The third-order valence-electron chi connectivity index (χ3n) is 4.50. The van der Waals surface area contributed by atoms with Gasteiger partial charge in [-0.25, -0.2) is 4.98 Å². The number of fused-ring (bicyclic) bond motifs is 1. The molecule has 0 saturated carbocycles. The van der Waals surface area contributed by atoms with Crippen LogP contribution in [0.1, 0.15) is 34.2 Å². The summed E-state index contributed by atoms with van der Waals surface area (Å²) in [6, 6.07) is 12.6. The van der Waals surface area contributed by atoms with Crippen molar-refractivity contribution < 1.29 is 4.79 Å². The molecule has 1 unspecified atom stereocenters. The SMILES string of the molecule is O=C(c1cc[nH]c(=O)c1)N1CCCn2ccnc2C1c1ccccc1. The van der Waals surface area contributed by atoms with Gasteiger partial charge in [0.25, 0.3) is 5.91 Å². The van der Waals surface area contributed by atoms with Crippen LogP contribution >= 0.6 is 0 Å². The van der Waals surface area contributed by atoms with Crippen LogP contribution in [0.3, 0.4) is 0 Å². The molecule has 1 atom stereocenters. The number of rotatable bonds is 2. The summed E-state index contributed by atoms with van der Waals surface area (Å²) in [7, 11) is 0. The fraction of sp³-hybridized carbons (Fsp3) is 0.211. The van der Waals surface area contributed by atoms with E-state index in [0.717, 1.165) is 24.4 Å². The number of aromatic nitrogens is 3. The lowest BCUT2D eigenvalue weighted by molar-refractivity contribution is 0.0706. The van der Waals surface area contributed by atoms with Crippen molar-refractivity contribution in [3.05, 3.63) is 88.4 Å². The molecule has 3 heterocycles. The highest BCUT2D eigenvalue weighted by molar-refractivity contribution is 5.94. The van der Waals surface area contributed by atoms with E-state index in [-0.39, 0.29) is 17.5 Å². The molecule has 1 aliphatic heterocycles. The van der Waals surface area contributed by atoms with E-state index in [4.69, 9.17) is 0 Å². The standard InChI is InChI=1S/C19H18N4O2/c24-16-13-15(7-8-20-16)19(25)23-11-4-10-22-12-9-21-18(22)17(23)14-5-2-1-3-6-14/h1-3,5-9,12-13,17H,4,10-11H2,(H,20,24). The summed E-state index contributed by atoms with van der Waals surface area (Å²) < 4.78 is 2.10. The summed E-state index contributed by atoms with van der Waals surface area (Å²) in [6.07, 6.45) is 6.06. The number of pyridine rings is 1. The number of amides is 1. The lowest BCUT2D eigenvalue weighted by Gasteiger charge is -2.30. The molecule has 6 heteroatoms. The third-order valence-corrected chi connectivity index (χ3v) is 4.50. The Morgan fingerprint density at radius 1 is 1.16 bits per heavy atom. The molecule has 1 aliphatic rings. The zero-order valence-electron chi connectivity index (χ0n) is 13.6. The Morgan fingerprint density at radius 3 is 2.80 bits per heavy atom. The molecule has 1 aromatic carbocycles. The number of hydrogen-bond acceptors (Lipinski definition) is 3. The van der Waals surface area contributed by atoms with E-state index in [2.05, 4.69) is 14.5 Å². The minimum Gasteiger partial charge on any atom is -0.333 e. The van der Waals surface area contributed by atoms with Gasteiger partial charge in [0.2, 0.25) is 5.56 Å². The predicted molar refractivity (Wildman–Crippen MR) is 93.2 cm³/mol.